The fourth-order valence-electron chi connectivity index (χ4n) is 1.55. The number of aromatic nitrogens is 1. The minimum absolute atomic E-state index is 0.121. The van der Waals surface area contributed by atoms with E-state index in [0.717, 1.165) is 5.56 Å². The quantitative estimate of drug-likeness (QED) is 0.850. The minimum Gasteiger partial charge on any atom is -0.486 e. The van der Waals surface area contributed by atoms with Crippen molar-refractivity contribution < 1.29 is 14.6 Å². The van der Waals surface area contributed by atoms with E-state index in [1.807, 2.05) is 30.5 Å². The van der Waals surface area contributed by atoms with Crippen molar-refractivity contribution in [2.75, 3.05) is 6.26 Å². The number of carbonyl (C=O) groups is 1. The molecule has 0 aliphatic carbocycles. The second-order valence-corrected chi connectivity index (χ2v) is 4.69. The number of nitrogens with zero attached hydrogens (tertiary/aromatic N) is 1. The number of pyridine rings is 1. The molecule has 0 unspecified atom stereocenters. The number of benzene rings is 1. The van der Waals surface area contributed by atoms with Gasteiger partial charge in [0, 0.05) is 11.1 Å². The zero-order chi connectivity index (χ0) is 13.7. The molecule has 19 heavy (non-hydrogen) atoms. The molecule has 2 aromatic rings. The molecule has 1 aromatic carbocycles. The first-order valence-corrected chi connectivity index (χ1v) is 6.86. The number of carboxylic acids is 1. The van der Waals surface area contributed by atoms with E-state index in [9.17, 15) is 4.79 Å². The topological polar surface area (TPSA) is 59.4 Å². The van der Waals surface area contributed by atoms with Gasteiger partial charge >= 0.3 is 5.97 Å². The summed E-state index contributed by atoms with van der Waals surface area (Å²) in [6.45, 7) is 0.320. The van der Waals surface area contributed by atoms with Crippen LogP contribution in [0.15, 0.2) is 47.6 Å². The maximum Gasteiger partial charge on any atom is 0.339 e. The van der Waals surface area contributed by atoms with Crippen LogP contribution < -0.4 is 4.74 Å². The minimum atomic E-state index is -1.02. The standard InChI is InChI=1S/C14H13NO3S/c1-19-11-4-2-10(3-5-11)9-18-13-8-15-7-6-12(13)14(16)17/h2-8H,9H2,1H3,(H,16,17). The molecule has 0 radical (unpaired) electrons. The lowest BCUT2D eigenvalue weighted by Crippen LogP contribution is -2.03. The monoisotopic (exact) mass is 275 g/mol. The maximum atomic E-state index is 11.0. The predicted octanol–water partition coefficient (Wildman–Crippen LogP) is 3.08. The van der Waals surface area contributed by atoms with Crippen LogP contribution in [0, 0.1) is 0 Å². The van der Waals surface area contributed by atoms with Gasteiger partial charge in [0.2, 0.25) is 0 Å². The third-order valence-electron chi connectivity index (χ3n) is 2.57. The molecule has 1 heterocycles. The number of hydrogen-bond donors (Lipinski definition) is 1. The molecule has 1 aromatic heterocycles. The molecule has 4 nitrogen and oxygen atoms in total. The number of rotatable bonds is 5. The maximum absolute atomic E-state index is 11.0. The van der Waals surface area contributed by atoms with Crippen LogP contribution in [-0.2, 0) is 6.61 Å². The first-order valence-electron chi connectivity index (χ1n) is 5.63. The van der Waals surface area contributed by atoms with Crippen molar-refractivity contribution in [2.24, 2.45) is 0 Å². The van der Waals surface area contributed by atoms with Crippen LogP contribution in [0.25, 0.3) is 0 Å². The summed E-state index contributed by atoms with van der Waals surface area (Å²) in [7, 11) is 0. The molecule has 0 bridgehead atoms. The SMILES string of the molecule is CSc1ccc(COc2cnccc2C(=O)O)cc1. The lowest BCUT2D eigenvalue weighted by molar-refractivity contribution is 0.0691. The van der Waals surface area contributed by atoms with E-state index in [1.54, 1.807) is 11.8 Å². The fourth-order valence-corrected chi connectivity index (χ4v) is 1.96. The van der Waals surface area contributed by atoms with Crippen molar-refractivity contribution in [3.63, 3.8) is 0 Å². The Morgan fingerprint density at radius 2 is 2.05 bits per heavy atom. The Kier molecular flexibility index (Phi) is 4.41. The molecule has 0 spiro atoms. The third kappa shape index (κ3) is 3.48. The van der Waals surface area contributed by atoms with E-state index in [0.29, 0.717) is 6.61 Å². The second-order valence-electron chi connectivity index (χ2n) is 3.81. The molecule has 98 valence electrons. The summed E-state index contributed by atoms with van der Waals surface area (Å²) >= 11 is 1.67. The molecule has 0 amide bonds. The van der Waals surface area contributed by atoms with E-state index in [1.165, 1.54) is 23.4 Å². The Morgan fingerprint density at radius 1 is 1.32 bits per heavy atom. The number of ether oxygens (including phenoxy) is 1. The van der Waals surface area contributed by atoms with Crippen molar-refractivity contribution in [2.45, 2.75) is 11.5 Å². The Bertz CT molecular complexity index is 569. The lowest BCUT2D eigenvalue weighted by Gasteiger charge is -2.08. The van der Waals surface area contributed by atoms with Gasteiger partial charge in [-0.3, -0.25) is 4.98 Å². The van der Waals surface area contributed by atoms with Crippen molar-refractivity contribution in [3.05, 3.63) is 53.9 Å². The number of thioether (sulfide) groups is 1. The van der Waals surface area contributed by atoms with Gasteiger partial charge in [0.1, 0.15) is 12.2 Å². The van der Waals surface area contributed by atoms with Gasteiger partial charge in [0.05, 0.1) is 6.20 Å². The average molecular weight is 275 g/mol. The highest BCUT2D eigenvalue weighted by Gasteiger charge is 2.10. The summed E-state index contributed by atoms with van der Waals surface area (Å²) in [6, 6.07) is 9.36. The molecule has 2 rings (SSSR count). The fraction of sp³-hybridized carbons (Fsp3) is 0.143. The Labute approximate surface area is 115 Å². The molecule has 0 atom stereocenters. The highest BCUT2D eigenvalue weighted by molar-refractivity contribution is 7.98. The number of carboxylic acid groups (broad SMARTS) is 1. The van der Waals surface area contributed by atoms with Gasteiger partial charge in [-0.05, 0) is 30.0 Å². The van der Waals surface area contributed by atoms with Crippen molar-refractivity contribution in [3.8, 4) is 5.75 Å². The third-order valence-corrected chi connectivity index (χ3v) is 3.31. The van der Waals surface area contributed by atoms with E-state index < -0.39 is 5.97 Å². The lowest BCUT2D eigenvalue weighted by atomic mass is 10.2. The molecule has 1 N–H and O–H groups in total. The molecular formula is C14H13NO3S. The van der Waals surface area contributed by atoms with Crippen LogP contribution in [0.3, 0.4) is 0 Å². The van der Waals surface area contributed by atoms with Gasteiger partial charge < -0.3 is 9.84 Å². The summed E-state index contributed by atoms with van der Waals surface area (Å²) in [5, 5.41) is 9.02. The molecule has 5 heteroatoms. The molecule has 0 saturated heterocycles. The van der Waals surface area contributed by atoms with Crippen LogP contribution in [0.1, 0.15) is 15.9 Å². The normalized spacial score (nSPS) is 10.2. The predicted molar refractivity (Wildman–Crippen MR) is 73.8 cm³/mol. The Hall–Kier alpha value is -2.01. The Balaban J connectivity index is 2.07. The molecular weight excluding hydrogens is 262 g/mol. The summed E-state index contributed by atoms with van der Waals surface area (Å²) < 4.78 is 5.51. The van der Waals surface area contributed by atoms with Gasteiger partial charge in [-0.15, -0.1) is 11.8 Å². The van der Waals surface area contributed by atoms with Crippen molar-refractivity contribution in [1.82, 2.24) is 4.98 Å². The van der Waals surface area contributed by atoms with Crippen molar-refractivity contribution >= 4 is 17.7 Å². The van der Waals surface area contributed by atoms with Gasteiger partial charge in [-0.1, -0.05) is 12.1 Å². The van der Waals surface area contributed by atoms with Crippen molar-refractivity contribution in [1.29, 1.82) is 0 Å². The highest BCUT2D eigenvalue weighted by Crippen LogP contribution is 2.19. The van der Waals surface area contributed by atoms with Gasteiger partial charge in [-0.2, -0.15) is 0 Å². The van der Waals surface area contributed by atoms with Crippen LogP contribution in [0.5, 0.6) is 5.75 Å². The van der Waals surface area contributed by atoms with Crippen LogP contribution in [-0.4, -0.2) is 22.3 Å². The van der Waals surface area contributed by atoms with Gasteiger partial charge in [-0.25, -0.2) is 4.79 Å². The number of hydrogen-bond acceptors (Lipinski definition) is 4. The van der Waals surface area contributed by atoms with E-state index in [4.69, 9.17) is 9.84 Å². The number of aromatic carboxylic acids is 1. The second kappa shape index (κ2) is 6.24. The largest absolute Gasteiger partial charge is 0.486 e. The molecule has 0 aliphatic heterocycles. The summed E-state index contributed by atoms with van der Waals surface area (Å²) in [5.74, 6) is -0.737. The molecule has 0 saturated carbocycles. The summed E-state index contributed by atoms with van der Waals surface area (Å²) in [4.78, 5) is 16.1. The molecule has 0 aliphatic rings. The Morgan fingerprint density at radius 3 is 2.68 bits per heavy atom. The zero-order valence-electron chi connectivity index (χ0n) is 10.4. The average Bonchev–Trinajstić information content (AvgIpc) is 2.46. The first-order chi connectivity index (χ1) is 9.20. The van der Waals surface area contributed by atoms with Gasteiger partial charge in [0.15, 0.2) is 5.75 Å². The summed E-state index contributed by atoms with van der Waals surface area (Å²) in [5.41, 5.74) is 1.11. The van der Waals surface area contributed by atoms with Crippen LogP contribution >= 0.6 is 11.8 Å². The molecule has 0 fully saturated rings. The van der Waals surface area contributed by atoms with E-state index in [-0.39, 0.29) is 11.3 Å². The highest BCUT2D eigenvalue weighted by atomic mass is 32.2. The zero-order valence-corrected chi connectivity index (χ0v) is 11.2. The first kappa shape index (κ1) is 13.4. The van der Waals surface area contributed by atoms with Crippen LogP contribution in [0.4, 0.5) is 0 Å². The van der Waals surface area contributed by atoms with E-state index >= 15 is 0 Å². The summed E-state index contributed by atoms with van der Waals surface area (Å²) in [6.07, 6.45) is 4.86. The van der Waals surface area contributed by atoms with E-state index in [2.05, 4.69) is 4.98 Å². The van der Waals surface area contributed by atoms with Crippen LogP contribution in [0.2, 0.25) is 0 Å². The smallest absolute Gasteiger partial charge is 0.339 e. The van der Waals surface area contributed by atoms with Gasteiger partial charge in [0.25, 0.3) is 0 Å².